The van der Waals surface area contributed by atoms with E-state index in [2.05, 4.69) is 24.3 Å². The van der Waals surface area contributed by atoms with Crippen molar-refractivity contribution in [2.75, 3.05) is 6.54 Å². The summed E-state index contributed by atoms with van der Waals surface area (Å²) in [5.41, 5.74) is 2.05. The second-order valence-corrected chi connectivity index (χ2v) is 5.73. The van der Waals surface area contributed by atoms with Gasteiger partial charge in [-0.15, -0.1) is 0 Å². The molecule has 5 heteroatoms. The van der Waals surface area contributed by atoms with Gasteiger partial charge in [0.1, 0.15) is 5.15 Å². The molecule has 1 atom stereocenters. The van der Waals surface area contributed by atoms with Crippen LogP contribution in [0.1, 0.15) is 44.9 Å². The minimum atomic E-state index is -0.331. The van der Waals surface area contributed by atoms with E-state index in [0.717, 1.165) is 11.3 Å². The lowest BCUT2D eigenvalue weighted by Gasteiger charge is -2.15. The molecular formula is C13H24ClN3O. The van der Waals surface area contributed by atoms with E-state index >= 15 is 0 Å². The van der Waals surface area contributed by atoms with Gasteiger partial charge < -0.3 is 10.4 Å². The van der Waals surface area contributed by atoms with Crippen molar-refractivity contribution < 1.29 is 5.11 Å². The molecule has 1 aromatic rings. The number of nitrogens with one attached hydrogen (secondary N) is 1. The van der Waals surface area contributed by atoms with E-state index in [9.17, 15) is 5.11 Å². The summed E-state index contributed by atoms with van der Waals surface area (Å²) in [7, 11) is 1.85. The third-order valence-corrected chi connectivity index (χ3v) is 3.54. The molecule has 0 amide bonds. The lowest BCUT2D eigenvalue weighted by molar-refractivity contribution is 0.123. The number of aryl methyl sites for hydroxylation is 1. The minimum Gasteiger partial charge on any atom is -0.392 e. The summed E-state index contributed by atoms with van der Waals surface area (Å²) < 4.78 is 1.70. The summed E-state index contributed by atoms with van der Waals surface area (Å²) in [5.74, 6) is 0.599. The lowest BCUT2D eigenvalue weighted by atomic mass is 10.1. The van der Waals surface area contributed by atoms with Crippen molar-refractivity contribution in [3.8, 4) is 0 Å². The molecular weight excluding hydrogens is 250 g/mol. The van der Waals surface area contributed by atoms with Gasteiger partial charge in [-0.1, -0.05) is 39.3 Å². The van der Waals surface area contributed by atoms with Crippen LogP contribution in [0.2, 0.25) is 5.15 Å². The number of hydrogen-bond donors (Lipinski definition) is 2. The molecule has 1 rings (SSSR count). The van der Waals surface area contributed by atoms with Crippen LogP contribution in [0.4, 0.5) is 0 Å². The quantitative estimate of drug-likeness (QED) is 0.836. The van der Waals surface area contributed by atoms with Gasteiger partial charge in [0.05, 0.1) is 11.8 Å². The first-order valence-corrected chi connectivity index (χ1v) is 6.82. The molecule has 0 fully saturated rings. The second-order valence-electron chi connectivity index (χ2n) is 5.38. The maximum absolute atomic E-state index is 9.74. The Balaban J connectivity index is 2.67. The zero-order valence-corrected chi connectivity index (χ0v) is 12.6. The van der Waals surface area contributed by atoms with Gasteiger partial charge in [0.15, 0.2) is 0 Å². The van der Waals surface area contributed by atoms with Gasteiger partial charge in [-0.2, -0.15) is 5.10 Å². The summed E-state index contributed by atoms with van der Waals surface area (Å²) in [5, 5.41) is 18.1. The van der Waals surface area contributed by atoms with Crippen LogP contribution in [-0.4, -0.2) is 27.5 Å². The van der Waals surface area contributed by atoms with Gasteiger partial charge >= 0.3 is 0 Å². The Morgan fingerprint density at radius 2 is 1.94 bits per heavy atom. The summed E-state index contributed by atoms with van der Waals surface area (Å²) in [6.07, 6.45) is -0.331. The highest BCUT2D eigenvalue weighted by Crippen LogP contribution is 2.24. The van der Waals surface area contributed by atoms with Crippen LogP contribution < -0.4 is 5.32 Å². The van der Waals surface area contributed by atoms with E-state index in [1.165, 1.54) is 0 Å². The number of nitrogens with zero attached hydrogens (tertiary/aromatic N) is 2. The van der Waals surface area contributed by atoms with E-state index in [0.29, 0.717) is 24.2 Å². The molecule has 0 bridgehead atoms. The SMILES string of the molecule is CC(C)c1nn(C)c(Cl)c1CNCC(O)C(C)C. The molecule has 18 heavy (non-hydrogen) atoms. The number of aliphatic hydroxyl groups excluding tert-OH is 1. The van der Waals surface area contributed by atoms with Crippen molar-refractivity contribution in [2.24, 2.45) is 13.0 Å². The van der Waals surface area contributed by atoms with Crippen LogP contribution in [0, 0.1) is 5.92 Å². The summed E-state index contributed by atoms with van der Waals surface area (Å²) in [4.78, 5) is 0. The average molecular weight is 274 g/mol. The molecule has 4 nitrogen and oxygen atoms in total. The second kappa shape index (κ2) is 6.55. The van der Waals surface area contributed by atoms with Gasteiger partial charge in [-0.3, -0.25) is 4.68 Å². The number of rotatable bonds is 6. The van der Waals surface area contributed by atoms with Crippen LogP contribution in [0.15, 0.2) is 0 Å². The van der Waals surface area contributed by atoms with Crippen molar-refractivity contribution in [1.82, 2.24) is 15.1 Å². The lowest BCUT2D eigenvalue weighted by Crippen LogP contribution is -2.30. The maximum atomic E-state index is 9.74. The molecule has 0 radical (unpaired) electrons. The molecule has 1 aromatic heterocycles. The molecule has 0 saturated carbocycles. The predicted molar refractivity (Wildman–Crippen MR) is 74.9 cm³/mol. The first-order chi connectivity index (χ1) is 8.34. The Labute approximate surface area is 114 Å². The van der Waals surface area contributed by atoms with Gasteiger partial charge in [-0.25, -0.2) is 0 Å². The highest BCUT2D eigenvalue weighted by Gasteiger charge is 2.17. The first-order valence-electron chi connectivity index (χ1n) is 6.44. The molecule has 1 heterocycles. The van der Waals surface area contributed by atoms with E-state index in [1.54, 1.807) is 4.68 Å². The van der Waals surface area contributed by atoms with Crippen LogP contribution in [0.25, 0.3) is 0 Å². The summed E-state index contributed by atoms with van der Waals surface area (Å²) in [6.45, 7) is 9.42. The van der Waals surface area contributed by atoms with E-state index in [-0.39, 0.29) is 12.0 Å². The fourth-order valence-electron chi connectivity index (χ4n) is 1.78. The Hall–Kier alpha value is -0.580. The number of halogens is 1. The number of hydrogen-bond acceptors (Lipinski definition) is 3. The largest absolute Gasteiger partial charge is 0.392 e. The maximum Gasteiger partial charge on any atom is 0.131 e. The molecule has 104 valence electrons. The van der Waals surface area contributed by atoms with Gasteiger partial charge in [0.25, 0.3) is 0 Å². The molecule has 0 aliphatic heterocycles. The van der Waals surface area contributed by atoms with Crippen molar-refractivity contribution >= 4 is 11.6 Å². The monoisotopic (exact) mass is 273 g/mol. The zero-order valence-electron chi connectivity index (χ0n) is 11.9. The molecule has 0 saturated heterocycles. The van der Waals surface area contributed by atoms with Crippen LogP contribution >= 0.6 is 11.6 Å². The van der Waals surface area contributed by atoms with Crippen molar-refractivity contribution in [2.45, 2.75) is 46.3 Å². The topological polar surface area (TPSA) is 50.1 Å². The van der Waals surface area contributed by atoms with E-state index in [4.69, 9.17) is 11.6 Å². The molecule has 0 aliphatic carbocycles. The van der Waals surface area contributed by atoms with Gasteiger partial charge in [0.2, 0.25) is 0 Å². The molecule has 0 spiro atoms. The molecule has 0 aromatic carbocycles. The number of aliphatic hydroxyl groups is 1. The summed E-state index contributed by atoms with van der Waals surface area (Å²) in [6, 6.07) is 0. The highest BCUT2D eigenvalue weighted by atomic mass is 35.5. The van der Waals surface area contributed by atoms with E-state index < -0.39 is 0 Å². The third-order valence-electron chi connectivity index (χ3n) is 3.07. The summed E-state index contributed by atoms with van der Waals surface area (Å²) >= 11 is 6.23. The van der Waals surface area contributed by atoms with Crippen molar-refractivity contribution in [1.29, 1.82) is 0 Å². The molecule has 0 aliphatic rings. The number of aromatic nitrogens is 2. The van der Waals surface area contributed by atoms with Gasteiger partial charge in [0, 0.05) is 25.7 Å². The predicted octanol–water partition coefficient (Wildman–Crippen LogP) is 2.30. The minimum absolute atomic E-state index is 0.256. The fraction of sp³-hybridized carbons (Fsp3) is 0.769. The Bertz CT molecular complexity index is 388. The van der Waals surface area contributed by atoms with Crippen molar-refractivity contribution in [3.05, 3.63) is 16.4 Å². The highest BCUT2D eigenvalue weighted by molar-refractivity contribution is 6.30. The smallest absolute Gasteiger partial charge is 0.131 e. The normalized spacial score (nSPS) is 13.6. The van der Waals surface area contributed by atoms with Gasteiger partial charge in [-0.05, 0) is 11.8 Å². The zero-order chi connectivity index (χ0) is 13.9. The Morgan fingerprint density at radius 1 is 1.33 bits per heavy atom. The van der Waals surface area contributed by atoms with Crippen LogP contribution in [-0.2, 0) is 13.6 Å². The first kappa shape index (κ1) is 15.5. The Kier molecular flexibility index (Phi) is 5.63. The Morgan fingerprint density at radius 3 is 2.44 bits per heavy atom. The standard InChI is InChI=1S/C13H24ClN3O/c1-8(2)11(18)7-15-6-10-12(9(3)4)16-17(5)13(10)14/h8-9,11,15,18H,6-7H2,1-5H3. The van der Waals surface area contributed by atoms with Crippen molar-refractivity contribution in [3.63, 3.8) is 0 Å². The van der Waals surface area contributed by atoms with Crippen LogP contribution in [0.3, 0.4) is 0 Å². The molecule has 1 unspecified atom stereocenters. The fourth-order valence-corrected chi connectivity index (χ4v) is 1.98. The third kappa shape index (κ3) is 3.70. The van der Waals surface area contributed by atoms with E-state index in [1.807, 2.05) is 20.9 Å². The molecule has 2 N–H and O–H groups in total. The van der Waals surface area contributed by atoms with Crippen LogP contribution in [0.5, 0.6) is 0 Å². The average Bonchev–Trinajstić information content (AvgIpc) is 2.56.